The van der Waals surface area contributed by atoms with Gasteiger partial charge in [0.2, 0.25) is 11.1 Å². The predicted molar refractivity (Wildman–Crippen MR) is 104 cm³/mol. The number of hydrogen-bond donors (Lipinski definition) is 1. The summed E-state index contributed by atoms with van der Waals surface area (Å²) in [6, 6.07) is 8.02. The first kappa shape index (κ1) is 18.0. The van der Waals surface area contributed by atoms with Crippen LogP contribution in [0.3, 0.4) is 0 Å². The number of nitrogens with zero attached hydrogens (tertiary/aromatic N) is 5. The number of carbonyl (C=O) groups excluding carboxylic acids is 1. The standard InChI is InChI=1S/C18H18N6OS2/c1-2-15-20-16(23-18-24-19-10-26-18)22-17(21-15)27-13-7-3-11(4-8-13)9-14(25)12-5-6-12/h3-4,7-8,10,12H,2,5-6,9H2,1H3,(H,20,21,22,23,24). The molecule has 2 aromatic heterocycles. The highest BCUT2D eigenvalue weighted by Crippen LogP contribution is 2.31. The SMILES string of the molecule is CCc1nc(Nc2nncs2)nc(Sc2ccc(CC(=O)C3CC3)cc2)n1. The number of carbonyl (C=O) groups is 1. The minimum absolute atomic E-state index is 0.302. The molecule has 0 saturated heterocycles. The van der Waals surface area contributed by atoms with Gasteiger partial charge in [0, 0.05) is 23.7 Å². The first-order valence-corrected chi connectivity index (χ1v) is 10.5. The molecule has 1 aromatic carbocycles. The van der Waals surface area contributed by atoms with Crippen molar-refractivity contribution in [1.82, 2.24) is 25.1 Å². The number of aromatic nitrogens is 5. The van der Waals surface area contributed by atoms with Gasteiger partial charge in [-0.3, -0.25) is 10.1 Å². The Morgan fingerprint density at radius 1 is 1.22 bits per heavy atom. The number of aryl methyl sites for hydroxylation is 1. The molecule has 0 atom stereocenters. The van der Waals surface area contributed by atoms with E-state index in [2.05, 4.69) is 30.5 Å². The Hall–Kier alpha value is -2.39. The Balaban J connectivity index is 1.46. The van der Waals surface area contributed by atoms with Gasteiger partial charge in [0.15, 0.2) is 5.16 Å². The second kappa shape index (κ2) is 8.10. The monoisotopic (exact) mass is 398 g/mol. The van der Waals surface area contributed by atoms with Crippen molar-refractivity contribution in [2.75, 3.05) is 5.32 Å². The highest BCUT2D eigenvalue weighted by atomic mass is 32.2. The summed E-state index contributed by atoms with van der Waals surface area (Å²) in [5.74, 6) is 1.84. The summed E-state index contributed by atoms with van der Waals surface area (Å²) in [7, 11) is 0. The maximum atomic E-state index is 11.9. The molecule has 0 amide bonds. The maximum Gasteiger partial charge on any atom is 0.233 e. The zero-order valence-electron chi connectivity index (χ0n) is 14.8. The van der Waals surface area contributed by atoms with Crippen LogP contribution in [-0.4, -0.2) is 30.9 Å². The van der Waals surface area contributed by atoms with Gasteiger partial charge in [0.1, 0.15) is 17.1 Å². The molecular formula is C18H18N6OS2. The lowest BCUT2D eigenvalue weighted by atomic mass is 10.1. The number of benzene rings is 1. The van der Waals surface area contributed by atoms with Crippen molar-refractivity contribution in [1.29, 1.82) is 0 Å². The minimum atomic E-state index is 0.302. The molecule has 1 aliphatic rings. The van der Waals surface area contributed by atoms with Gasteiger partial charge >= 0.3 is 0 Å². The summed E-state index contributed by atoms with van der Waals surface area (Å²) < 4.78 is 0. The first-order valence-electron chi connectivity index (χ1n) is 8.77. The highest BCUT2D eigenvalue weighted by molar-refractivity contribution is 7.99. The Morgan fingerprint density at radius 3 is 2.70 bits per heavy atom. The van der Waals surface area contributed by atoms with Crippen LogP contribution in [0.1, 0.15) is 31.2 Å². The van der Waals surface area contributed by atoms with E-state index < -0.39 is 0 Å². The van der Waals surface area contributed by atoms with Crippen molar-refractivity contribution in [2.45, 2.75) is 42.7 Å². The molecule has 0 unspecified atom stereocenters. The van der Waals surface area contributed by atoms with Crippen LogP contribution in [0.4, 0.5) is 11.1 Å². The van der Waals surface area contributed by atoms with E-state index in [1.165, 1.54) is 23.1 Å². The van der Waals surface area contributed by atoms with Crippen LogP contribution in [0.25, 0.3) is 0 Å². The summed E-state index contributed by atoms with van der Waals surface area (Å²) in [5, 5.41) is 12.1. The fourth-order valence-electron chi connectivity index (χ4n) is 2.51. The van der Waals surface area contributed by atoms with Crippen LogP contribution < -0.4 is 5.32 Å². The summed E-state index contributed by atoms with van der Waals surface area (Å²) in [6.07, 6.45) is 3.35. The smallest absolute Gasteiger partial charge is 0.233 e. The average Bonchev–Trinajstić information content (AvgIpc) is 3.41. The number of hydrogen-bond acceptors (Lipinski definition) is 9. The normalized spacial score (nSPS) is 13.5. The molecule has 0 bridgehead atoms. The second-order valence-electron chi connectivity index (χ2n) is 6.24. The van der Waals surface area contributed by atoms with Gasteiger partial charge < -0.3 is 0 Å². The number of Topliss-reactive ketones (excluding diaryl/α,β-unsaturated/α-hetero) is 1. The van der Waals surface area contributed by atoms with Crippen LogP contribution in [0.15, 0.2) is 39.8 Å². The number of ketones is 1. The van der Waals surface area contributed by atoms with Crippen LogP contribution in [0, 0.1) is 5.92 Å². The third-order valence-electron chi connectivity index (χ3n) is 4.10. The predicted octanol–water partition coefficient (Wildman–Crippen LogP) is 3.70. The minimum Gasteiger partial charge on any atom is -0.299 e. The van der Waals surface area contributed by atoms with Gasteiger partial charge in [-0.05, 0) is 42.3 Å². The quantitative estimate of drug-likeness (QED) is 0.614. The van der Waals surface area contributed by atoms with Gasteiger partial charge in [0.25, 0.3) is 0 Å². The molecule has 27 heavy (non-hydrogen) atoms. The first-order chi connectivity index (χ1) is 13.2. The third kappa shape index (κ3) is 4.86. The summed E-state index contributed by atoms with van der Waals surface area (Å²) in [4.78, 5) is 26.3. The summed E-state index contributed by atoms with van der Waals surface area (Å²) >= 11 is 2.86. The van der Waals surface area contributed by atoms with Crippen molar-refractivity contribution >= 4 is 40.0 Å². The van der Waals surface area contributed by atoms with E-state index in [4.69, 9.17) is 0 Å². The van der Waals surface area contributed by atoms with Gasteiger partial charge in [-0.25, -0.2) is 4.98 Å². The second-order valence-corrected chi connectivity index (χ2v) is 8.12. The molecule has 4 rings (SSSR count). The van der Waals surface area contributed by atoms with Crippen molar-refractivity contribution in [3.05, 3.63) is 41.2 Å². The van der Waals surface area contributed by atoms with Crippen LogP contribution in [0.5, 0.6) is 0 Å². The van der Waals surface area contributed by atoms with Gasteiger partial charge in [-0.1, -0.05) is 30.4 Å². The number of nitrogens with one attached hydrogen (secondary N) is 1. The Bertz CT molecular complexity index is 926. The Labute approximate surface area is 165 Å². The molecule has 7 nitrogen and oxygen atoms in total. The van der Waals surface area contributed by atoms with Gasteiger partial charge in [-0.15, -0.1) is 10.2 Å². The highest BCUT2D eigenvalue weighted by Gasteiger charge is 2.28. The number of anilines is 2. The zero-order chi connectivity index (χ0) is 18.6. The molecule has 9 heteroatoms. The van der Waals surface area contributed by atoms with Gasteiger partial charge in [0.05, 0.1) is 0 Å². The summed E-state index contributed by atoms with van der Waals surface area (Å²) in [6.45, 7) is 2.00. The van der Waals surface area contributed by atoms with Gasteiger partial charge in [-0.2, -0.15) is 9.97 Å². The average molecular weight is 399 g/mol. The molecule has 138 valence electrons. The fraction of sp³-hybridized carbons (Fsp3) is 0.333. The van der Waals surface area contributed by atoms with Crippen LogP contribution in [-0.2, 0) is 17.6 Å². The summed E-state index contributed by atoms with van der Waals surface area (Å²) in [5.41, 5.74) is 2.70. The third-order valence-corrected chi connectivity index (χ3v) is 5.58. The van der Waals surface area contributed by atoms with Crippen molar-refractivity contribution < 1.29 is 4.79 Å². The zero-order valence-corrected chi connectivity index (χ0v) is 16.4. The molecule has 1 fully saturated rings. The molecule has 1 N–H and O–H groups in total. The molecule has 2 heterocycles. The van der Waals surface area contributed by atoms with Crippen LogP contribution in [0.2, 0.25) is 0 Å². The number of rotatable bonds is 8. The van der Waals surface area contributed by atoms with Crippen molar-refractivity contribution in [2.24, 2.45) is 5.92 Å². The van der Waals surface area contributed by atoms with Crippen molar-refractivity contribution in [3.8, 4) is 0 Å². The Morgan fingerprint density at radius 2 is 2.04 bits per heavy atom. The largest absolute Gasteiger partial charge is 0.299 e. The topological polar surface area (TPSA) is 93.5 Å². The molecule has 1 saturated carbocycles. The molecule has 1 aliphatic carbocycles. The van der Waals surface area contributed by atoms with E-state index in [1.807, 2.05) is 31.2 Å². The molecule has 0 radical (unpaired) electrons. The van der Waals surface area contributed by atoms with E-state index in [9.17, 15) is 4.79 Å². The van der Waals surface area contributed by atoms with E-state index in [0.717, 1.165) is 23.3 Å². The maximum absolute atomic E-state index is 11.9. The molecule has 0 aliphatic heterocycles. The van der Waals surface area contributed by atoms with Crippen LogP contribution >= 0.6 is 23.1 Å². The van der Waals surface area contributed by atoms with Crippen molar-refractivity contribution in [3.63, 3.8) is 0 Å². The van der Waals surface area contributed by atoms with E-state index in [0.29, 0.717) is 46.6 Å². The van der Waals surface area contributed by atoms with E-state index >= 15 is 0 Å². The molecular weight excluding hydrogens is 380 g/mol. The fourth-order valence-corrected chi connectivity index (χ4v) is 3.72. The molecule has 0 spiro atoms. The lowest BCUT2D eigenvalue weighted by Crippen LogP contribution is -2.05. The van der Waals surface area contributed by atoms with E-state index in [1.54, 1.807) is 5.51 Å². The van der Waals surface area contributed by atoms with E-state index in [-0.39, 0.29) is 0 Å². The lowest BCUT2D eigenvalue weighted by Gasteiger charge is -2.07. The molecule has 3 aromatic rings. The lowest BCUT2D eigenvalue weighted by molar-refractivity contribution is -0.119. The Kier molecular flexibility index (Phi) is 5.40.